The van der Waals surface area contributed by atoms with Gasteiger partial charge in [-0.1, -0.05) is 12.1 Å². The smallest absolute Gasteiger partial charge is 0.251 e. The first kappa shape index (κ1) is 17.9. The monoisotopic (exact) mass is 339 g/mol. The van der Waals surface area contributed by atoms with E-state index in [4.69, 9.17) is 0 Å². The Kier molecular flexibility index (Phi) is 6.15. The molecule has 23 heavy (non-hydrogen) atoms. The SMILES string of the molecule is CN(C)S(=O)(=O)CCNC(=O)c1ccc(C2CCCNC2)cc1. The average molecular weight is 339 g/mol. The molecule has 1 aromatic rings. The molecule has 1 atom stereocenters. The molecule has 1 aromatic carbocycles. The molecule has 0 aromatic heterocycles. The quantitative estimate of drug-likeness (QED) is 0.803. The lowest BCUT2D eigenvalue weighted by atomic mass is 9.91. The maximum atomic E-state index is 12.1. The van der Waals surface area contributed by atoms with Gasteiger partial charge in [-0.05, 0) is 43.0 Å². The van der Waals surface area contributed by atoms with Crippen molar-refractivity contribution in [2.75, 3.05) is 39.5 Å². The van der Waals surface area contributed by atoms with Crippen LogP contribution in [0.4, 0.5) is 0 Å². The summed E-state index contributed by atoms with van der Waals surface area (Å²) in [6, 6.07) is 7.59. The largest absolute Gasteiger partial charge is 0.351 e. The number of amides is 1. The Labute approximate surface area is 138 Å². The van der Waals surface area contributed by atoms with E-state index in [2.05, 4.69) is 10.6 Å². The molecule has 7 heteroatoms. The number of carbonyl (C=O) groups is 1. The van der Waals surface area contributed by atoms with Gasteiger partial charge in [0.25, 0.3) is 5.91 Å². The fourth-order valence-corrected chi connectivity index (χ4v) is 3.35. The van der Waals surface area contributed by atoms with E-state index < -0.39 is 10.0 Å². The van der Waals surface area contributed by atoms with Gasteiger partial charge in [-0.15, -0.1) is 0 Å². The molecule has 1 heterocycles. The Morgan fingerprint density at radius 3 is 2.57 bits per heavy atom. The first-order valence-corrected chi connectivity index (χ1v) is 9.50. The molecule has 0 spiro atoms. The Hall–Kier alpha value is -1.44. The van der Waals surface area contributed by atoms with E-state index in [1.165, 1.54) is 32.5 Å². The van der Waals surface area contributed by atoms with Crippen molar-refractivity contribution in [3.8, 4) is 0 Å². The predicted octanol–water partition coefficient (Wildman–Crippen LogP) is 0.775. The van der Waals surface area contributed by atoms with Gasteiger partial charge < -0.3 is 10.6 Å². The van der Waals surface area contributed by atoms with E-state index in [0.717, 1.165) is 17.4 Å². The van der Waals surface area contributed by atoms with Crippen molar-refractivity contribution in [2.45, 2.75) is 18.8 Å². The third-order valence-electron chi connectivity index (χ3n) is 4.14. The maximum absolute atomic E-state index is 12.1. The highest BCUT2D eigenvalue weighted by Gasteiger charge is 2.16. The Bertz CT molecular complexity index is 620. The van der Waals surface area contributed by atoms with Gasteiger partial charge in [0.1, 0.15) is 0 Å². The zero-order valence-corrected chi connectivity index (χ0v) is 14.5. The number of carbonyl (C=O) groups excluding carboxylic acids is 1. The van der Waals surface area contributed by atoms with E-state index in [9.17, 15) is 13.2 Å². The summed E-state index contributed by atoms with van der Waals surface area (Å²) in [4.78, 5) is 12.1. The maximum Gasteiger partial charge on any atom is 0.251 e. The zero-order chi connectivity index (χ0) is 16.9. The second kappa shape index (κ2) is 7.90. The summed E-state index contributed by atoms with van der Waals surface area (Å²) in [5, 5.41) is 6.03. The number of rotatable bonds is 6. The molecule has 1 aliphatic rings. The van der Waals surface area contributed by atoms with Crippen molar-refractivity contribution in [1.82, 2.24) is 14.9 Å². The molecule has 2 N–H and O–H groups in total. The highest BCUT2D eigenvalue weighted by molar-refractivity contribution is 7.89. The molecule has 1 amide bonds. The van der Waals surface area contributed by atoms with Crippen LogP contribution in [-0.2, 0) is 10.0 Å². The van der Waals surface area contributed by atoms with E-state index in [1.54, 1.807) is 12.1 Å². The molecular weight excluding hydrogens is 314 g/mol. The van der Waals surface area contributed by atoms with Crippen molar-refractivity contribution >= 4 is 15.9 Å². The standard InChI is InChI=1S/C16H25N3O3S/c1-19(2)23(21,22)11-10-18-16(20)14-7-5-13(6-8-14)15-4-3-9-17-12-15/h5-8,15,17H,3-4,9-12H2,1-2H3,(H,18,20). The number of hydrogen-bond donors (Lipinski definition) is 2. The van der Waals surface area contributed by atoms with Crippen LogP contribution < -0.4 is 10.6 Å². The number of benzene rings is 1. The van der Waals surface area contributed by atoms with E-state index >= 15 is 0 Å². The van der Waals surface area contributed by atoms with Crippen LogP contribution in [0.2, 0.25) is 0 Å². The minimum absolute atomic E-state index is 0.0996. The molecule has 1 unspecified atom stereocenters. The Balaban J connectivity index is 1.87. The van der Waals surface area contributed by atoms with E-state index in [1.807, 2.05) is 12.1 Å². The minimum atomic E-state index is -3.29. The summed E-state index contributed by atoms with van der Waals surface area (Å²) < 4.78 is 24.4. The molecule has 128 valence electrons. The van der Waals surface area contributed by atoms with Crippen LogP contribution in [0.15, 0.2) is 24.3 Å². The van der Waals surface area contributed by atoms with Crippen LogP contribution in [0, 0.1) is 0 Å². The number of piperidine rings is 1. The first-order valence-electron chi connectivity index (χ1n) is 7.89. The molecule has 0 aliphatic carbocycles. The molecule has 6 nitrogen and oxygen atoms in total. The summed E-state index contributed by atoms with van der Waals surface area (Å²) in [5.41, 5.74) is 1.80. The lowest BCUT2D eigenvalue weighted by Crippen LogP contribution is -2.33. The molecule has 0 bridgehead atoms. The summed E-state index contributed by atoms with van der Waals surface area (Å²) in [6.45, 7) is 2.16. The van der Waals surface area contributed by atoms with Gasteiger partial charge in [-0.2, -0.15) is 0 Å². The van der Waals surface area contributed by atoms with Gasteiger partial charge >= 0.3 is 0 Å². The van der Waals surface area contributed by atoms with Crippen molar-refractivity contribution in [2.24, 2.45) is 0 Å². The fraction of sp³-hybridized carbons (Fsp3) is 0.562. The molecule has 0 saturated carbocycles. The molecular formula is C16H25N3O3S. The highest BCUT2D eigenvalue weighted by atomic mass is 32.2. The molecule has 1 aliphatic heterocycles. The summed E-state index contributed by atoms with van der Waals surface area (Å²) in [7, 11) is -0.321. The normalized spacial score (nSPS) is 18.8. The van der Waals surface area contributed by atoms with E-state index in [0.29, 0.717) is 11.5 Å². The highest BCUT2D eigenvalue weighted by Crippen LogP contribution is 2.23. The Morgan fingerprint density at radius 2 is 2.00 bits per heavy atom. The minimum Gasteiger partial charge on any atom is -0.351 e. The number of sulfonamides is 1. The van der Waals surface area contributed by atoms with Crippen LogP contribution in [0.3, 0.4) is 0 Å². The number of nitrogens with one attached hydrogen (secondary N) is 2. The van der Waals surface area contributed by atoms with Crippen LogP contribution in [0.5, 0.6) is 0 Å². The summed E-state index contributed by atoms with van der Waals surface area (Å²) in [5.74, 6) is 0.163. The predicted molar refractivity (Wildman–Crippen MR) is 91.1 cm³/mol. The van der Waals surface area contributed by atoms with Gasteiger partial charge in [-0.25, -0.2) is 12.7 Å². The lowest BCUT2D eigenvalue weighted by Gasteiger charge is -2.23. The number of nitrogens with zero attached hydrogens (tertiary/aromatic N) is 1. The third-order valence-corrected chi connectivity index (χ3v) is 5.98. The van der Waals surface area contributed by atoms with Crippen molar-refractivity contribution in [1.29, 1.82) is 0 Å². The van der Waals surface area contributed by atoms with Crippen LogP contribution >= 0.6 is 0 Å². The van der Waals surface area contributed by atoms with Crippen molar-refractivity contribution in [3.63, 3.8) is 0 Å². The second-order valence-electron chi connectivity index (χ2n) is 6.02. The zero-order valence-electron chi connectivity index (χ0n) is 13.7. The lowest BCUT2D eigenvalue weighted by molar-refractivity contribution is 0.0956. The fourth-order valence-electron chi connectivity index (χ4n) is 2.62. The first-order chi connectivity index (χ1) is 10.9. The molecule has 0 radical (unpaired) electrons. The topological polar surface area (TPSA) is 78.5 Å². The van der Waals surface area contributed by atoms with Crippen molar-refractivity contribution in [3.05, 3.63) is 35.4 Å². The van der Waals surface area contributed by atoms with Gasteiger partial charge in [-0.3, -0.25) is 4.79 Å². The van der Waals surface area contributed by atoms with Gasteiger partial charge in [0.2, 0.25) is 10.0 Å². The van der Waals surface area contributed by atoms with Gasteiger partial charge in [0, 0.05) is 32.7 Å². The summed E-state index contributed by atoms with van der Waals surface area (Å²) >= 11 is 0. The molecule has 1 fully saturated rings. The van der Waals surface area contributed by atoms with E-state index in [-0.39, 0.29) is 18.2 Å². The number of hydrogen-bond acceptors (Lipinski definition) is 4. The molecule has 1 saturated heterocycles. The van der Waals surface area contributed by atoms with Crippen LogP contribution in [-0.4, -0.2) is 58.1 Å². The molecule has 2 rings (SSSR count). The average Bonchev–Trinajstić information content (AvgIpc) is 2.55. The third kappa shape index (κ3) is 5.02. The second-order valence-corrected chi connectivity index (χ2v) is 8.32. The van der Waals surface area contributed by atoms with Crippen LogP contribution in [0.1, 0.15) is 34.7 Å². The van der Waals surface area contributed by atoms with Crippen LogP contribution in [0.25, 0.3) is 0 Å². The Morgan fingerprint density at radius 1 is 1.30 bits per heavy atom. The van der Waals surface area contributed by atoms with Gasteiger partial charge in [0.15, 0.2) is 0 Å². The van der Waals surface area contributed by atoms with Gasteiger partial charge in [0.05, 0.1) is 5.75 Å². The summed E-state index contributed by atoms with van der Waals surface area (Å²) in [6.07, 6.45) is 2.34. The van der Waals surface area contributed by atoms with Crippen molar-refractivity contribution < 1.29 is 13.2 Å².